The van der Waals surface area contributed by atoms with Crippen molar-refractivity contribution in [1.82, 2.24) is 5.43 Å². The third kappa shape index (κ3) is 3.75. The molecule has 0 aliphatic heterocycles. The Hall–Kier alpha value is -1.57. The van der Waals surface area contributed by atoms with Crippen LogP contribution < -0.4 is 16.5 Å². The summed E-state index contributed by atoms with van der Waals surface area (Å²) in [7, 11) is 0. The lowest BCUT2D eigenvalue weighted by Gasteiger charge is -2.12. The first kappa shape index (κ1) is 19.2. The molecule has 4 N–H and O–H groups in total. The Kier molecular flexibility index (Phi) is 5.60. The molecule has 2 aromatic carbocycles. The van der Waals surface area contributed by atoms with E-state index in [9.17, 15) is 4.79 Å². The molecule has 0 saturated heterocycles. The maximum Gasteiger partial charge on any atom is 0.257 e. The molecule has 134 valence electrons. The number of alkyl halides is 2. The third-order valence-corrected chi connectivity index (χ3v) is 4.54. The van der Waals surface area contributed by atoms with Gasteiger partial charge in [-0.3, -0.25) is 10.2 Å². The smallest absolute Gasteiger partial charge is 0.257 e. The fourth-order valence-electron chi connectivity index (χ4n) is 2.68. The minimum absolute atomic E-state index is 0.0113. The summed E-state index contributed by atoms with van der Waals surface area (Å²) in [4.78, 5) is 10.7. The van der Waals surface area contributed by atoms with E-state index in [0.29, 0.717) is 32.6 Å². The second-order valence-electron chi connectivity index (χ2n) is 5.29. The number of hydrogen-bond donors (Lipinski definition) is 3. The van der Waals surface area contributed by atoms with E-state index in [4.69, 9.17) is 64.4 Å². The molecule has 1 amide bonds. The number of carbonyl (C=O) groups excluding carboxylic acids is 1. The van der Waals surface area contributed by atoms with Crippen molar-refractivity contribution >= 4 is 81.0 Å². The van der Waals surface area contributed by atoms with E-state index in [1.807, 2.05) is 6.07 Å². The van der Waals surface area contributed by atoms with Gasteiger partial charge in [0.2, 0.25) is 0 Å². The van der Waals surface area contributed by atoms with Gasteiger partial charge >= 0.3 is 0 Å². The van der Waals surface area contributed by atoms with E-state index in [1.54, 1.807) is 24.3 Å². The summed E-state index contributed by atoms with van der Waals surface area (Å²) in [6.45, 7) is 0. The number of halogens is 4. The summed E-state index contributed by atoms with van der Waals surface area (Å²) in [5, 5.41) is 7.87. The van der Waals surface area contributed by atoms with E-state index in [2.05, 4.69) is 15.8 Å². The van der Waals surface area contributed by atoms with Crippen molar-refractivity contribution in [3.05, 3.63) is 51.5 Å². The maximum absolute atomic E-state index is 12.0. The van der Waals surface area contributed by atoms with E-state index in [-0.39, 0.29) is 5.11 Å². The number of nitrogens with one attached hydrogen (secondary N) is 2. The molecule has 3 rings (SSSR count). The van der Waals surface area contributed by atoms with Crippen molar-refractivity contribution in [3.8, 4) is 11.1 Å². The average Bonchev–Trinajstić information content (AvgIpc) is 2.85. The van der Waals surface area contributed by atoms with Gasteiger partial charge in [0.15, 0.2) is 9.95 Å². The van der Waals surface area contributed by atoms with Crippen molar-refractivity contribution in [1.29, 1.82) is 0 Å². The van der Waals surface area contributed by atoms with Crippen LogP contribution in [-0.4, -0.2) is 21.6 Å². The van der Waals surface area contributed by atoms with Gasteiger partial charge in [-0.1, -0.05) is 52.5 Å². The number of fused-ring (bicyclic) bond motifs is 3. The van der Waals surface area contributed by atoms with Crippen molar-refractivity contribution < 1.29 is 4.79 Å². The van der Waals surface area contributed by atoms with Gasteiger partial charge in [0.25, 0.3) is 5.91 Å². The standard InChI is InChI=1S/C16H10Cl4N4OS/c17-6-1-2-8-9(3-6)13(23-24-16(21)26)10-4-7(18)5-11(12(8)10)22-15(25)14(19)20/h1-5,14H,(H,22,25)(H3,21,24,26). The lowest BCUT2D eigenvalue weighted by molar-refractivity contribution is -0.114. The van der Waals surface area contributed by atoms with Gasteiger partial charge in [-0.2, -0.15) is 5.10 Å². The first-order valence-electron chi connectivity index (χ1n) is 7.14. The zero-order valence-electron chi connectivity index (χ0n) is 12.8. The number of nitrogens with two attached hydrogens (primary N) is 1. The minimum atomic E-state index is -1.22. The number of hydrazone groups is 1. The number of carbonyl (C=O) groups is 1. The first-order valence-corrected chi connectivity index (χ1v) is 9.18. The molecule has 0 aromatic heterocycles. The first-order chi connectivity index (χ1) is 12.3. The van der Waals surface area contributed by atoms with Gasteiger partial charge in [0.05, 0.1) is 11.4 Å². The van der Waals surface area contributed by atoms with E-state index >= 15 is 0 Å². The average molecular weight is 448 g/mol. The largest absolute Gasteiger partial charge is 0.375 e. The summed E-state index contributed by atoms with van der Waals surface area (Å²) >= 11 is 28.5. The SMILES string of the molecule is NC(=S)NN=C1c2cc(Cl)ccc2-c2c(NC(=O)C(Cl)Cl)cc(Cl)cc21. The van der Waals surface area contributed by atoms with Crippen molar-refractivity contribution in [3.63, 3.8) is 0 Å². The number of nitrogens with zero attached hydrogens (tertiary/aromatic N) is 1. The molecule has 1 aliphatic rings. The van der Waals surface area contributed by atoms with Gasteiger partial charge in [0, 0.05) is 26.7 Å². The summed E-state index contributed by atoms with van der Waals surface area (Å²) < 4.78 is 0. The van der Waals surface area contributed by atoms with Crippen molar-refractivity contribution in [2.45, 2.75) is 4.84 Å². The van der Waals surface area contributed by atoms with E-state index in [1.165, 1.54) is 0 Å². The molecule has 0 bridgehead atoms. The Morgan fingerprint density at radius 3 is 2.42 bits per heavy atom. The molecular formula is C16H10Cl4N4OS. The fourth-order valence-corrected chi connectivity index (χ4v) is 3.22. The van der Waals surface area contributed by atoms with Gasteiger partial charge in [-0.25, -0.2) is 0 Å². The molecule has 1 aliphatic carbocycles. The topological polar surface area (TPSA) is 79.5 Å². The number of hydrogen-bond acceptors (Lipinski definition) is 3. The van der Waals surface area contributed by atoms with Crippen LogP contribution >= 0.6 is 58.6 Å². The van der Waals surface area contributed by atoms with Crippen molar-refractivity contribution in [2.24, 2.45) is 10.8 Å². The Bertz CT molecular complexity index is 962. The van der Waals surface area contributed by atoms with Crippen LogP contribution in [0.4, 0.5) is 5.69 Å². The molecule has 0 saturated carbocycles. The molecule has 10 heteroatoms. The highest BCUT2D eigenvalue weighted by atomic mass is 35.5. The second kappa shape index (κ2) is 7.58. The lowest BCUT2D eigenvalue weighted by atomic mass is 10.0. The highest BCUT2D eigenvalue weighted by Gasteiger charge is 2.29. The Labute approximate surface area is 174 Å². The third-order valence-electron chi connectivity index (χ3n) is 3.60. The van der Waals surface area contributed by atoms with Gasteiger partial charge in [-0.05, 0) is 42.0 Å². The van der Waals surface area contributed by atoms with Crippen LogP contribution in [0.2, 0.25) is 10.0 Å². The summed E-state index contributed by atoms with van der Waals surface area (Å²) in [5.74, 6) is -0.569. The molecule has 0 radical (unpaired) electrons. The summed E-state index contributed by atoms with van der Waals surface area (Å²) in [5.41, 5.74) is 12.0. The quantitative estimate of drug-likeness (QED) is 0.317. The highest BCUT2D eigenvalue weighted by Crippen LogP contribution is 2.44. The molecule has 0 heterocycles. The van der Waals surface area contributed by atoms with Crippen LogP contribution in [0, 0.1) is 0 Å². The molecular weight excluding hydrogens is 438 g/mol. The van der Waals surface area contributed by atoms with E-state index < -0.39 is 10.7 Å². The molecule has 2 aromatic rings. The van der Waals surface area contributed by atoms with Crippen LogP contribution in [-0.2, 0) is 4.79 Å². The maximum atomic E-state index is 12.0. The number of anilines is 1. The predicted molar refractivity (Wildman–Crippen MR) is 112 cm³/mol. The molecule has 0 unspecified atom stereocenters. The van der Waals surface area contributed by atoms with Crippen LogP contribution in [0.25, 0.3) is 11.1 Å². The van der Waals surface area contributed by atoms with Gasteiger partial charge < -0.3 is 11.1 Å². The molecule has 0 spiro atoms. The predicted octanol–water partition coefficient (Wildman–Crippen LogP) is 4.30. The van der Waals surface area contributed by atoms with Gasteiger partial charge in [0.1, 0.15) is 0 Å². The van der Waals surface area contributed by atoms with Crippen molar-refractivity contribution in [2.75, 3.05) is 5.32 Å². The molecule has 0 fully saturated rings. The number of thiocarbonyl (C=S) groups is 1. The Morgan fingerprint density at radius 1 is 1.08 bits per heavy atom. The monoisotopic (exact) mass is 446 g/mol. The number of amides is 1. The fraction of sp³-hybridized carbons (Fsp3) is 0.0625. The van der Waals surface area contributed by atoms with Gasteiger partial charge in [-0.15, -0.1) is 0 Å². The zero-order chi connectivity index (χ0) is 19.0. The minimum Gasteiger partial charge on any atom is -0.375 e. The Balaban J connectivity index is 2.23. The summed E-state index contributed by atoms with van der Waals surface area (Å²) in [6, 6.07) is 8.64. The lowest BCUT2D eigenvalue weighted by Crippen LogP contribution is -2.25. The van der Waals surface area contributed by atoms with Crippen LogP contribution in [0.3, 0.4) is 0 Å². The van der Waals surface area contributed by atoms with Crippen LogP contribution in [0.15, 0.2) is 35.4 Å². The van der Waals surface area contributed by atoms with Crippen LogP contribution in [0.1, 0.15) is 11.1 Å². The zero-order valence-corrected chi connectivity index (χ0v) is 16.7. The molecule has 5 nitrogen and oxygen atoms in total. The molecule has 0 atom stereocenters. The highest BCUT2D eigenvalue weighted by molar-refractivity contribution is 7.80. The number of benzene rings is 2. The van der Waals surface area contributed by atoms with E-state index in [0.717, 1.165) is 11.1 Å². The Morgan fingerprint density at radius 2 is 1.77 bits per heavy atom. The number of rotatable bonds is 3. The normalized spacial score (nSPS) is 13.5. The van der Waals surface area contributed by atoms with Crippen LogP contribution in [0.5, 0.6) is 0 Å². The summed E-state index contributed by atoms with van der Waals surface area (Å²) in [6.07, 6.45) is 0. The second-order valence-corrected chi connectivity index (χ2v) is 7.70. The molecule has 26 heavy (non-hydrogen) atoms.